The van der Waals surface area contributed by atoms with Crippen LogP contribution in [0.4, 0.5) is 0 Å². The number of rotatable bonds is 2. The fraction of sp³-hybridized carbons (Fsp3) is 0.256. The van der Waals surface area contributed by atoms with Gasteiger partial charge in [0, 0.05) is 0 Å². The third kappa shape index (κ3) is 10.3. The summed E-state index contributed by atoms with van der Waals surface area (Å²) in [5.74, 6) is 0. The van der Waals surface area contributed by atoms with Crippen LogP contribution in [0.15, 0.2) is 97.1 Å². The van der Waals surface area contributed by atoms with Crippen molar-refractivity contribution >= 4 is 48.4 Å². The van der Waals surface area contributed by atoms with E-state index in [0.29, 0.717) is 0 Å². The molecule has 44 heavy (non-hydrogen) atoms. The van der Waals surface area contributed by atoms with Crippen LogP contribution in [-0.4, -0.2) is 3.21 Å². The molecule has 0 saturated carbocycles. The molecular formula is C39H38Cl2I2Zr-2. The molecule has 0 nitrogen and oxygen atoms in total. The van der Waals surface area contributed by atoms with Gasteiger partial charge in [0.2, 0.25) is 0 Å². The first-order chi connectivity index (χ1) is 19.9. The van der Waals surface area contributed by atoms with E-state index in [1.54, 1.807) is 0 Å². The van der Waals surface area contributed by atoms with Crippen molar-refractivity contribution in [1.82, 2.24) is 0 Å². The van der Waals surface area contributed by atoms with Gasteiger partial charge in [0.15, 0.2) is 0 Å². The van der Waals surface area contributed by atoms with Crippen molar-refractivity contribution in [3.63, 3.8) is 0 Å². The third-order valence-corrected chi connectivity index (χ3v) is 10.6. The zero-order valence-corrected chi connectivity index (χ0v) is 34.4. The van der Waals surface area contributed by atoms with E-state index in [1.807, 2.05) is 12.2 Å². The van der Waals surface area contributed by atoms with Crippen molar-refractivity contribution in [3.8, 4) is 11.1 Å². The van der Waals surface area contributed by atoms with E-state index in [2.05, 4.69) is 184 Å². The molecule has 0 atom stereocenters. The van der Waals surface area contributed by atoms with E-state index < -0.39 is 0 Å². The second-order valence-corrected chi connectivity index (χ2v) is 16.2. The molecule has 5 heteroatoms. The van der Waals surface area contributed by atoms with Crippen molar-refractivity contribution in [2.45, 2.75) is 65.2 Å². The molecule has 0 radical (unpaired) electrons. The van der Waals surface area contributed by atoms with Crippen molar-refractivity contribution in [2.24, 2.45) is 0 Å². The number of hydrogen-bond donors (Lipinski definition) is 0. The van der Waals surface area contributed by atoms with Crippen LogP contribution in [0.3, 0.4) is 0 Å². The van der Waals surface area contributed by atoms with Crippen LogP contribution in [0, 0.1) is 19.3 Å². The molecule has 2 aliphatic carbocycles. The number of benzene rings is 4. The first kappa shape index (κ1) is 39.3. The molecule has 4 aromatic carbocycles. The van der Waals surface area contributed by atoms with E-state index >= 15 is 0 Å². The Hall–Kier alpha value is -0.847. The zero-order chi connectivity index (χ0) is 30.5. The Bertz CT molecular complexity index is 1520. The number of allylic oxidation sites excluding steroid dienone is 4. The van der Waals surface area contributed by atoms with Gasteiger partial charge in [-0.25, -0.2) is 12.2 Å². The topological polar surface area (TPSA) is 0 Å². The van der Waals surface area contributed by atoms with Gasteiger partial charge in [-0.05, 0) is 17.4 Å². The maximum absolute atomic E-state index is 3.53. The summed E-state index contributed by atoms with van der Waals surface area (Å²) < 4.78 is 4.08. The molecule has 0 unspecified atom stereocenters. The second-order valence-electron chi connectivity index (χ2n) is 12.7. The van der Waals surface area contributed by atoms with Crippen LogP contribution in [0.2, 0.25) is 0 Å². The van der Waals surface area contributed by atoms with Crippen molar-refractivity contribution in [1.29, 1.82) is 0 Å². The van der Waals surface area contributed by atoms with Crippen LogP contribution in [0.5, 0.6) is 0 Å². The maximum atomic E-state index is 3.53. The Morgan fingerprint density at radius 2 is 1.27 bits per heavy atom. The summed E-state index contributed by atoms with van der Waals surface area (Å²) in [5.41, 5.74) is 11.5. The van der Waals surface area contributed by atoms with Gasteiger partial charge in [0.25, 0.3) is 0 Å². The van der Waals surface area contributed by atoms with E-state index in [4.69, 9.17) is 0 Å². The van der Waals surface area contributed by atoms with E-state index in [0.717, 1.165) is 12.8 Å². The van der Waals surface area contributed by atoms with Crippen LogP contribution in [0.1, 0.15) is 81.3 Å². The summed E-state index contributed by atoms with van der Waals surface area (Å²) >= 11 is 6.27. The molecule has 0 spiro atoms. The quantitative estimate of drug-likeness (QED) is 0.174. The Labute approximate surface area is 320 Å². The molecule has 0 saturated heterocycles. The SMILES string of the molecule is CC(C)(C)c1c[c-]c2c(c1)-c1cc(C(C)(C)C)ccc1C2.[C-]1=CC=CC1.[Cl-].[Cl-].[Zr+2]=[C](c1ccccc1I)c1ccccc1I. The van der Waals surface area contributed by atoms with Gasteiger partial charge in [-0.15, -0.1) is 12.0 Å². The predicted molar refractivity (Wildman–Crippen MR) is 194 cm³/mol. The first-order valence-electron chi connectivity index (χ1n) is 14.3. The van der Waals surface area contributed by atoms with Crippen LogP contribution in [0.25, 0.3) is 11.1 Å². The minimum atomic E-state index is 0. The molecular weight excluding hydrogens is 884 g/mol. The molecule has 0 N–H and O–H groups in total. The zero-order valence-electron chi connectivity index (χ0n) is 26.2. The van der Waals surface area contributed by atoms with Crippen LogP contribution in [-0.2, 0) is 41.5 Å². The summed E-state index contributed by atoms with van der Waals surface area (Å²) in [4.78, 5) is 0. The normalized spacial score (nSPS) is 12.4. The summed E-state index contributed by atoms with van der Waals surface area (Å²) in [6.07, 6.45) is 11.0. The first-order valence-corrected chi connectivity index (χ1v) is 17.7. The van der Waals surface area contributed by atoms with Gasteiger partial charge in [-0.2, -0.15) is 35.4 Å². The number of fused-ring (bicyclic) bond motifs is 3. The van der Waals surface area contributed by atoms with Crippen molar-refractivity contribution in [3.05, 3.63) is 150 Å². The van der Waals surface area contributed by atoms with Gasteiger partial charge >= 0.3 is 139 Å². The summed E-state index contributed by atoms with van der Waals surface area (Å²) in [6.45, 7) is 13.6. The van der Waals surface area contributed by atoms with Crippen molar-refractivity contribution in [2.75, 3.05) is 0 Å². The average Bonchev–Trinajstić information content (AvgIpc) is 3.64. The number of hydrogen-bond acceptors (Lipinski definition) is 0. The Morgan fingerprint density at radius 1 is 0.727 bits per heavy atom. The van der Waals surface area contributed by atoms with Gasteiger partial charge in [-0.3, -0.25) is 6.08 Å². The Kier molecular flexibility index (Phi) is 15.5. The van der Waals surface area contributed by atoms with Gasteiger partial charge in [-0.1, -0.05) is 76.3 Å². The molecule has 6 rings (SSSR count). The molecule has 0 aromatic heterocycles. The Balaban J connectivity index is 0.000000260. The standard InChI is InChI=1S/C21H25.C13H8I2.C5H5.2ClH.Zr/c1-20(2,3)16-9-7-14-11-15-8-10-17(21(4,5)6)13-19(15)18(14)12-16;14-12-7-3-1-5-10(12)9-11-6-2-4-8-13(11)15;1-2-4-5-3-1;;;/h7,9-10,12-13H,11H2,1-6H3;1-8H;1-3H,4H2;2*1H;/q-1;;-1;;;+2/p-2. The fourth-order valence-corrected chi connectivity index (χ4v) is 8.43. The van der Waals surface area contributed by atoms with Crippen molar-refractivity contribution < 1.29 is 49.0 Å². The van der Waals surface area contributed by atoms with E-state index in [9.17, 15) is 0 Å². The molecule has 0 amide bonds. The average molecular weight is 923 g/mol. The third-order valence-electron chi connectivity index (χ3n) is 7.40. The predicted octanol–water partition coefficient (Wildman–Crippen LogP) is 4.98. The molecule has 0 heterocycles. The fourth-order valence-electron chi connectivity index (χ4n) is 4.80. The van der Waals surface area contributed by atoms with Gasteiger partial charge < -0.3 is 24.8 Å². The molecule has 0 aliphatic heterocycles. The van der Waals surface area contributed by atoms with Gasteiger partial charge in [0.1, 0.15) is 0 Å². The number of halogens is 4. The monoisotopic (exact) mass is 920 g/mol. The van der Waals surface area contributed by atoms with Crippen LogP contribution < -0.4 is 24.8 Å². The summed E-state index contributed by atoms with van der Waals surface area (Å²) in [5, 5.41) is 0. The molecule has 228 valence electrons. The molecule has 4 aromatic rings. The minimum absolute atomic E-state index is 0. The van der Waals surface area contributed by atoms with Gasteiger partial charge in [0.05, 0.1) is 0 Å². The summed E-state index contributed by atoms with van der Waals surface area (Å²) in [6, 6.07) is 32.2. The molecule has 0 bridgehead atoms. The molecule has 0 fully saturated rings. The van der Waals surface area contributed by atoms with E-state index in [1.165, 1.54) is 79.1 Å². The Morgan fingerprint density at radius 3 is 1.73 bits per heavy atom. The van der Waals surface area contributed by atoms with Crippen LogP contribution >= 0.6 is 45.2 Å². The molecule has 2 aliphatic rings. The second kappa shape index (κ2) is 17.3. The van der Waals surface area contributed by atoms with E-state index in [-0.39, 0.29) is 35.6 Å². The summed E-state index contributed by atoms with van der Waals surface area (Å²) in [7, 11) is 0.